The lowest BCUT2D eigenvalue weighted by Crippen LogP contribution is -2.04. The van der Waals surface area contributed by atoms with Crippen molar-refractivity contribution in [2.45, 2.75) is 6.54 Å². The van der Waals surface area contributed by atoms with Crippen molar-refractivity contribution >= 4 is 11.5 Å². The third-order valence-electron chi connectivity index (χ3n) is 2.22. The highest BCUT2D eigenvalue weighted by Crippen LogP contribution is 2.18. The topological polar surface area (TPSA) is 81.0 Å². The number of para-hydroxylation sites is 1. The summed E-state index contributed by atoms with van der Waals surface area (Å²) in [4.78, 5) is 10.4. The van der Waals surface area contributed by atoms with Crippen molar-refractivity contribution in [1.82, 2.24) is 10.2 Å². The maximum Gasteiger partial charge on any atom is 0.274 e. The summed E-state index contributed by atoms with van der Waals surface area (Å²) in [6.07, 6.45) is 1.57. The zero-order chi connectivity index (χ0) is 12.1. The third-order valence-corrected chi connectivity index (χ3v) is 2.22. The molecule has 0 aliphatic carbocycles. The number of anilines is 1. The molecule has 0 atom stereocenters. The lowest BCUT2D eigenvalue weighted by Gasteiger charge is -2.04. The van der Waals surface area contributed by atoms with Gasteiger partial charge in [-0.3, -0.25) is 10.1 Å². The molecule has 2 rings (SSSR count). The van der Waals surface area contributed by atoms with Crippen molar-refractivity contribution in [3.8, 4) is 0 Å². The number of nitro benzene ring substituents is 1. The number of hydrogen-bond donors (Lipinski definition) is 1. The van der Waals surface area contributed by atoms with Crippen LogP contribution in [0.15, 0.2) is 42.6 Å². The number of nitro groups is 1. The van der Waals surface area contributed by atoms with Crippen molar-refractivity contribution in [3.05, 3.63) is 58.3 Å². The number of nitrogens with zero attached hydrogens (tertiary/aromatic N) is 3. The molecule has 0 unspecified atom stereocenters. The Labute approximate surface area is 97.5 Å². The molecule has 0 radical (unpaired) electrons. The van der Waals surface area contributed by atoms with Crippen LogP contribution in [0.3, 0.4) is 0 Å². The molecule has 1 aromatic heterocycles. The Morgan fingerprint density at radius 1 is 1.24 bits per heavy atom. The fourth-order valence-corrected chi connectivity index (χ4v) is 1.42. The van der Waals surface area contributed by atoms with E-state index < -0.39 is 4.92 Å². The Kier molecular flexibility index (Phi) is 3.25. The minimum atomic E-state index is -0.395. The average Bonchev–Trinajstić information content (AvgIpc) is 2.38. The molecule has 86 valence electrons. The van der Waals surface area contributed by atoms with Gasteiger partial charge in [-0.25, -0.2) is 0 Å². The van der Waals surface area contributed by atoms with Gasteiger partial charge in [0.05, 0.1) is 4.92 Å². The molecule has 0 spiro atoms. The molecule has 6 nitrogen and oxygen atoms in total. The minimum Gasteiger partial charge on any atom is -0.364 e. The lowest BCUT2D eigenvalue weighted by atomic mass is 10.2. The third kappa shape index (κ3) is 2.75. The molecule has 1 aromatic carbocycles. The van der Waals surface area contributed by atoms with Crippen molar-refractivity contribution in [2.24, 2.45) is 0 Å². The van der Waals surface area contributed by atoms with Crippen LogP contribution in [0, 0.1) is 10.1 Å². The molecule has 0 saturated heterocycles. The smallest absolute Gasteiger partial charge is 0.274 e. The van der Waals surface area contributed by atoms with E-state index in [2.05, 4.69) is 15.5 Å². The van der Waals surface area contributed by atoms with Crippen molar-refractivity contribution < 1.29 is 4.92 Å². The molecule has 0 aliphatic rings. The predicted molar refractivity (Wildman–Crippen MR) is 62.5 cm³/mol. The van der Waals surface area contributed by atoms with E-state index in [-0.39, 0.29) is 5.69 Å². The Bertz CT molecular complexity index is 516. The van der Waals surface area contributed by atoms with Crippen LogP contribution in [0.2, 0.25) is 0 Å². The van der Waals surface area contributed by atoms with Gasteiger partial charge in [0, 0.05) is 24.4 Å². The van der Waals surface area contributed by atoms with Crippen LogP contribution >= 0.6 is 0 Å². The van der Waals surface area contributed by atoms with Crippen LogP contribution in [0.4, 0.5) is 11.5 Å². The van der Waals surface area contributed by atoms with E-state index in [1.807, 2.05) is 0 Å². The van der Waals surface area contributed by atoms with Crippen LogP contribution < -0.4 is 5.32 Å². The Hall–Kier alpha value is -2.50. The summed E-state index contributed by atoms with van der Waals surface area (Å²) in [7, 11) is 0. The molecular formula is C11H10N4O2. The molecule has 0 saturated carbocycles. The largest absolute Gasteiger partial charge is 0.364 e. The summed E-state index contributed by atoms with van der Waals surface area (Å²) >= 11 is 0. The van der Waals surface area contributed by atoms with Crippen LogP contribution in [-0.4, -0.2) is 15.1 Å². The van der Waals surface area contributed by atoms with E-state index in [1.165, 1.54) is 6.07 Å². The molecular weight excluding hydrogens is 220 g/mol. The molecule has 0 aliphatic heterocycles. The zero-order valence-electron chi connectivity index (χ0n) is 8.91. The van der Waals surface area contributed by atoms with Gasteiger partial charge >= 0.3 is 0 Å². The quantitative estimate of drug-likeness (QED) is 0.641. The van der Waals surface area contributed by atoms with Crippen LogP contribution in [-0.2, 0) is 6.54 Å². The molecule has 0 fully saturated rings. The SMILES string of the molecule is O=[N+]([O-])c1ccccc1CNc1cccnn1. The summed E-state index contributed by atoms with van der Waals surface area (Å²) < 4.78 is 0. The zero-order valence-corrected chi connectivity index (χ0v) is 8.91. The summed E-state index contributed by atoms with van der Waals surface area (Å²) in [6, 6.07) is 10.1. The van der Waals surface area contributed by atoms with Gasteiger partial charge in [-0.1, -0.05) is 18.2 Å². The standard InChI is InChI=1S/C11H10N4O2/c16-15(17)10-5-2-1-4-9(10)8-12-11-6-3-7-13-14-11/h1-7H,8H2,(H,12,14). The Morgan fingerprint density at radius 3 is 2.76 bits per heavy atom. The van der Waals surface area contributed by atoms with Crippen molar-refractivity contribution in [3.63, 3.8) is 0 Å². The normalized spacial score (nSPS) is 9.88. The second-order valence-electron chi connectivity index (χ2n) is 3.35. The summed E-state index contributed by atoms with van der Waals surface area (Å²) in [5.74, 6) is 0.589. The van der Waals surface area contributed by atoms with Crippen LogP contribution in [0.25, 0.3) is 0 Å². The average molecular weight is 230 g/mol. The van der Waals surface area contributed by atoms with Gasteiger partial charge in [-0.15, -0.1) is 5.10 Å². The maximum absolute atomic E-state index is 10.8. The van der Waals surface area contributed by atoms with Gasteiger partial charge in [-0.2, -0.15) is 5.10 Å². The molecule has 17 heavy (non-hydrogen) atoms. The minimum absolute atomic E-state index is 0.101. The Morgan fingerprint density at radius 2 is 2.06 bits per heavy atom. The highest BCUT2D eigenvalue weighted by molar-refractivity contribution is 5.43. The highest BCUT2D eigenvalue weighted by atomic mass is 16.6. The van der Waals surface area contributed by atoms with Crippen molar-refractivity contribution in [2.75, 3.05) is 5.32 Å². The van der Waals surface area contributed by atoms with Gasteiger partial charge in [0.1, 0.15) is 5.82 Å². The number of benzene rings is 1. The number of aromatic nitrogens is 2. The molecule has 0 bridgehead atoms. The van der Waals surface area contributed by atoms with E-state index in [0.717, 1.165) is 0 Å². The van der Waals surface area contributed by atoms with Gasteiger partial charge < -0.3 is 5.32 Å². The Balaban J connectivity index is 2.12. The molecule has 1 N–H and O–H groups in total. The van der Waals surface area contributed by atoms with Crippen LogP contribution in [0.5, 0.6) is 0 Å². The van der Waals surface area contributed by atoms with E-state index in [4.69, 9.17) is 0 Å². The van der Waals surface area contributed by atoms with Crippen LogP contribution in [0.1, 0.15) is 5.56 Å². The van der Waals surface area contributed by atoms with E-state index in [0.29, 0.717) is 17.9 Å². The first-order valence-electron chi connectivity index (χ1n) is 5.01. The van der Waals surface area contributed by atoms with Gasteiger partial charge in [0.2, 0.25) is 0 Å². The van der Waals surface area contributed by atoms with E-state index in [1.54, 1.807) is 36.5 Å². The number of hydrogen-bond acceptors (Lipinski definition) is 5. The fourth-order valence-electron chi connectivity index (χ4n) is 1.42. The monoisotopic (exact) mass is 230 g/mol. The first-order valence-corrected chi connectivity index (χ1v) is 5.01. The summed E-state index contributed by atoms with van der Waals surface area (Å²) in [6.45, 7) is 0.343. The highest BCUT2D eigenvalue weighted by Gasteiger charge is 2.11. The van der Waals surface area contributed by atoms with E-state index >= 15 is 0 Å². The first-order chi connectivity index (χ1) is 8.27. The van der Waals surface area contributed by atoms with Gasteiger partial charge in [0.15, 0.2) is 0 Å². The number of nitrogens with one attached hydrogen (secondary N) is 1. The fraction of sp³-hybridized carbons (Fsp3) is 0.0909. The molecule has 6 heteroatoms. The predicted octanol–water partition coefficient (Wildman–Crippen LogP) is 2.00. The molecule has 2 aromatic rings. The second-order valence-corrected chi connectivity index (χ2v) is 3.35. The van der Waals surface area contributed by atoms with Crippen molar-refractivity contribution in [1.29, 1.82) is 0 Å². The molecule has 0 amide bonds. The van der Waals surface area contributed by atoms with Gasteiger partial charge in [-0.05, 0) is 12.1 Å². The summed E-state index contributed by atoms with van der Waals surface area (Å²) in [5, 5.41) is 21.3. The number of rotatable bonds is 4. The summed E-state index contributed by atoms with van der Waals surface area (Å²) in [5.41, 5.74) is 0.715. The van der Waals surface area contributed by atoms with Gasteiger partial charge in [0.25, 0.3) is 5.69 Å². The molecule has 1 heterocycles. The second kappa shape index (κ2) is 5.02. The lowest BCUT2D eigenvalue weighted by molar-refractivity contribution is -0.385. The first kappa shape index (κ1) is 11.0. The maximum atomic E-state index is 10.8. The van der Waals surface area contributed by atoms with E-state index in [9.17, 15) is 10.1 Å².